The van der Waals surface area contributed by atoms with Crippen molar-refractivity contribution in [2.75, 3.05) is 16.3 Å². The minimum Gasteiger partial charge on any atom is -0.340 e. The van der Waals surface area contributed by atoms with E-state index in [2.05, 4.69) is 20.0 Å². The van der Waals surface area contributed by atoms with Crippen LogP contribution in [-0.2, 0) is 10.0 Å². The van der Waals surface area contributed by atoms with Gasteiger partial charge in [0.15, 0.2) is 0 Å². The third kappa shape index (κ3) is 4.22. The molecule has 0 aliphatic heterocycles. The maximum atomic E-state index is 11.2. The summed E-state index contributed by atoms with van der Waals surface area (Å²) in [7, 11) is -3.28. The lowest BCUT2D eigenvalue weighted by Gasteiger charge is -2.08. The van der Waals surface area contributed by atoms with Crippen LogP contribution in [-0.4, -0.2) is 24.6 Å². The fourth-order valence-electron chi connectivity index (χ4n) is 1.55. The first kappa shape index (κ1) is 13.3. The van der Waals surface area contributed by atoms with Crippen LogP contribution in [0.4, 0.5) is 17.2 Å². The normalized spacial score (nSPS) is 11.1. The SMILES string of the molecule is Cc1cc(Nc2cccc(NS(C)(=O)=O)c2)ncn1. The lowest BCUT2D eigenvalue weighted by molar-refractivity contribution is 0.607. The van der Waals surface area contributed by atoms with E-state index in [1.165, 1.54) is 6.33 Å². The summed E-state index contributed by atoms with van der Waals surface area (Å²) in [5.74, 6) is 0.656. The quantitative estimate of drug-likeness (QED) is 0.892. The number of hydrogen-bond donors (Lipinski definition) is 2. The standard InChI is InChI=1S/C12H14N4O2S/c1-9-6-12(14-8-13-9)15-10-4-3-5-11(7-10)16-19(2,17)18/h3-8,16H,1-2H3,(H,13,14,15). The Morgan fingerprint density at radius 3 is 2.53 bits per heavy atom. The number of hydrogen-bond acceptors (Lipinski definition) is 5. The third-order valence-corrected chi connectivity index (χ3v) is 2.85. The van der Waals surface area contributed by atoms with Crippen LogP contribution < -0.4 is 10.0 Å². The number of rotatable bonds is 4. The molecule has 0 amide bonds. The average molecular weight is 278 g/mol. The van der Waals surface area contributed by atoms with Crippen LogP contribution in [0.3, 0.4) is 0 Å². The van der Waals surface area contributed by atoms with Crippen LogP contribution in [0.25, 0.3) is 0 Å². The van der Waals surface area contributed by atoms with Gasteiger partial charge in [0.05, 0.1) is 11.9 Å². The molecule has 1 aromatic carbocycles. The summed E-state index contributed by atoms with van der Waals surface area (Å²) >= 11 is 0. The number of aryl methyl sites for hydroxylation is 1. The second-order valence-electron chi connectivity index (χ2n) is 4.12. The first-order chi connectivity index (χ1) is 8.92. The number of anilines is 3. The summed E-state index contributed by atoms with van der Waals surface area (Å²) in [4.78, 5) is 8.08. The van der Waals surface area contributed by atoms with Crippen molar-refractivity contribution >= 4 is 27.2 Å². The Labute approximate surface area is 112 Å². The molecule has 0 saturated carbocycles. The molecule has 0 fully saturated rings. The van der Waals surface area contributed by atoms with Gasteiger partial charge in [0, 0.05) is 17.4 Å². The maximum Gasteiger partial charge on any atom is 0.229 e. The van der Waals surface area contributed by atoms with E-state index in [9.17, 15) is 8.42 Å². The van der Waals surface area contributed by atoms with Gasteiger partial charge in [-0.1, -0.05) is 6.07 Å². The van der Waals surface area contributed by atoms with Crippen LogP contribution in [0.5, 0.6) is 0 Å². The van der Waals surface area contributed by atoms with Gasteiger partial charge in [-0.15, -0.1) is 0 Å². The third-order valence-electron chi connectivity index (χ3n) is 2.24. The van der Waals surface area contributed by atoms with Gasteiger partial charge in [-0.05, 0) is 25.1 Å². The highest BCUT2D eigenvalue weighted by Gasteiger charge is 2.03. The van der Waals surface area contributed by atoms with Crippen LogP contribution in [0.1, 0.15) is 5.69 Å². The highest BCUT2D eigenvalue weighted by molar-refractivity contribution is 7.92. The molecule has 0 atom stereocenters. The predicted octanol–water partition coefficient (Wildman–Crippen LogP) is 1.90. The van der Waals surface area contributed by atoms with Crippen molar-refractivity contribution in [2.24, 2.45) is 0 Å². The Morgan fingerprint density at radius 1 is 1.11 bits per heavy atom. The lowest BCUT2D eigenvalue weighted by Crippen LogP contribution is -2.09. The van der Waals surface area contributed by atoms with Gasteiger partial charge in [0.1, 0.15) is 12.1 Å². The summed E-state index contributed by atoms with van der Waals surface area (Å²) in [6, 6.07) is 8.75. The molecular weight excluding hydrogens is 264 g/mol. The number of nitrogens with one attached hydrogen (secondary N) is 2. The molecule has 2 N–H and O–H groups in total. The van der Waals surface area contributed by atoms with Crippen LogP contribution in [0.2, 0.25) is 0 Å². The van der Waals surface area contributed by atoms with E-state index < -0.39 is 10.0 Å². The molecular formula is C12H14N4O2S. The smallest absolute Gasteiger partial charge is 0.229 e. The monoisotopic (exact) mass is 278 g/mol. The van der Waals surface area contributed by atoms with Crippen molar-refractivity contribution in [1.29, 1.82) is 0 Å². The molecule has 0 radical (unpaired) electrons. The molecule has 0 aliphatic rings. The van der Waals surface area contributed by atoms with Gasteiger partial charge in [-0.25, -0.2) is 18.4 Å². The van der Waals surface area contributed by atoms with E-state index in [4.69, 9.17) is 0 Å². The molecule has 0 bridgehead atoms. The number of nitrogens with zero attached hydrogens (tertiary/aromatic N) is 2. The molecule has 0 unspecified atom stereocenters. The van der Waals surface area contributed by atoms with E-state index in [0.29, 0.717) is 11.5 Å². The summed E-state index contributed by atoms with van der Waals surface area (Å²) in [6.45, 7) is 1.87. The largest absolute Gasteiger partial charge is 0.340 e. The van der Waals surface area contributed by atoms with E-state index >= 15 is 0 Å². The zero-order chi connectivity index (χ0) is 13.9. The van der Waals surface area contributed by atoms with Crippen molar-refractivity contribution in [1.82, 2.24) is 9.97 Å². The van der Waals surface area contributed by atoms with E-state index in [1.807, 2.05) is 13.0 Å². The lowest BCUT2D eigenvalue weighted by atomic mass is 10.3. The molecule has 0 spiro atoms. The Kier molecular flexibility index (Phi) is 3.66. The minimum absolute atomic E-state index is 0.498. The zero-order valence-corrected chi connectivity index (χ0v) is 11.4. The molecule has 7 heteroatoms. The molecule has 6 nitrogen and oxygen atoms in total. The van der Waals surface area contributed by atoms with Crippen LogP contribution >= 0.6 is 0 Å². The highest BCUT2D eigenvalue weighted by Crippen LogP contribution is 2.19. The fourth-order valence-corrected chi connectivity index (χ4v) is 2.10. The molecule has 1 aromatic heterocycles. The number of sulfonamides is 1. The molecule has 1 heterocycles. The van der Waals surface area contributed by atoms with E-state index in [0.717, 1.165) is 17.6 Å². The summed E-state index contributed by atoms with van der Waals surface area (Å²) in [6.07, 6.45) is 2.58. The number of aromatic nitrogens is 2. The zero-order valence-electron chi connectivity index (χ0n) is 10.6. The van der Waals surface area contributed by atoms with Gasteiger partial charge in [0.2, 0.25) is 10.0 Å². The second-order valence-corrected chi connectivity index (χ2v) is 5.87. The summed E-state index contributed by atoms with van der Waals surface area (Å²) < 4.78 is 24.7. The van der Waals surface area contributed by atoms with E-state index in [-0.39, 0.29) is 0 Å². The van der Waals surface area contributed by atoms with Crippen molar-refractivity contribution in [3.8, 4) is 0 Å². The molecule has 2 rings (SSSR count). The second kappa shape index (κ2) is 5.23. The average Bonchev–Trinajstić information content (AvgIpc) is 2.27. The molecule has 2 aromatic rings. The molecule has 0 saturated heterocycles. The minimum atomic E-state index is -3.28. The molecule has 19 heavy (non-hydrogen) atoms. The van der Waals surface area contributed by atoms with Crippen LogP contribution in [0, 0.1) is 6.92 Å². The fraction of sp³-hybridized carbons (Fsp3) is 0.167. The summed E-state index contributed by atoms with van der Waals surface area (Å²) in [5.41, 5.74) is 2.09. The Bertz CT molecular complexity index is 686. The topological polar surface area (TPSA) is 84.0 Å². The van der Waals surface area contributed by atoms with Crippen LogP contribution in [0.15, 0.2) is 36.7 Å². The first-order valence-corrected chi connectivity index (χ1v) is 7.45. The molecule has 100 valence electrons. The Balaban J connectivity index is 2.20. The predicted molar refractivity (Wildman–Crippen MR) is 75.0 cm³/mol. The van der Waals surface area contributed by atoms with Crippen molar-refractivity contribution in [3.63, 3.8) is 0 Å². The van der Waals surface area contributed by atoms with Gasteiger partial charge >= 0.3 is 0 Å². The van der Waals surface area contributed by atoms with E-state index in [1.54, 1.807) is 24.3 Å². The van der Waals surface area contributed by atoms with Gasteiger partial charge in [0.25, 0.3) is 0 Å². The Morgan fingerprint density at radius 2 is 1.84 bits per heavy atom. The molecule has 0 aliphatic carbocycles. The van der Waals surface area contributed by atoms with Gasteiger partial charge in [-0.3, -0.25) is 4.72 Å². The Hall–Kier alpha value is -2.15. The van der Waals surface area contributed by atoms with Crippen molar-refractivity contribution < 1.29 is 8.42 Å². The highest BCUT2D eigenvalue weighted by atomic mass is 32.2. The maximum absolute atomic E-state index is 11.2. The first-order valence-electron chi connectivity index (χ1n) is 5.56. The summed E-state index contributed by atoms with van der Waals surface area (Å²) in [5, 5.41) is 3.08. The van der Waals surface area contributed by atoms with Crippen molar-refractivity contribution in [2.45, 2.75) is 6.92 Å². The van der Waals surface area contributed by atoms with Crippen molar-refractivity contribution in [3.05, 3.63) is 42.4 Å². The van der Waals surface area contributed by atoms with Gasteiger partial charge < -0.3 is 5.32 Å². The number of benzene rings is 1. The van der Waals surface area contributed by atoms with Gasteiger partial charge in [-0.2, -0.15) is 0 Å².